The Morgan fingerprint density at radius 1 is 1.07 bits per heavy atom. The number of rotatable bonds is 6. The number of halogens is 2. The minimum absolute atomic E-state index is 0.00242. The highest BCUT2D eigenvalue weighted by atomic mass is 19.1. The zero-order valence-corrected chi connectivity index (χ0v) is 24.5. The van der Waals surface area contributed by atoms with Gasteiger partial charge in [-0.25, -0.2) is 29.0 Å². The number of benzene rings is 1. The van der Waals surface area contributed by atoms with Crippen LogP contribution in [0.5, 0.6) is 0 Å². The van der Waals surface area contributed by atoms with E-state index in [-0.39, 0.29) is 42.6 Å². The second-order valence-corrected chi connectivity index (χ2v) is 12.3. The van der Waals surface area contributed by atoms with Crippen molar-refractivity contribution in [3.05, 3.63) is 53.4 Å². The maximum Gasteiger partial charge on any atom is 0.407 e. The van der Waals surface area contributed by atoms with Crippen LogP contribution in [0.4, 0.5) is 19.5 Å². The number of anilines is 1. The van der Waals surface area contributed by atoms with Crippen LogP contribution in [0.3, 0.4) is 0 Å². The number of hydrogen-bond donors (Lipinski definition) is 4. The summed E-state index contributed by atoms with van der Waals surface area (Å²) in [5, 5.41) is 19.6. The van der Waals surface area contributed by atoms with Crippen LogP contribution in [-0.4, -0.2) is 92.8 Å². The molecule has 1 aromatic heterocycles. The second-order valence-electron chi connectivity index (χ2n) is 12.3. The Kier molecular flexibility index (Phi) is 8.67. The minimum atomic E-state index is -0.738. The summed E-state index contributed by atoms with van der Waals surface area (Å²) >= 11 is 0. The van der Waals surface area contributed by atoms with Gasteiger partial charge >= 0.3 is 6.09 Å². The molecule has 2 atom stereocenters. The number of hydroxylamine groups is 1. The van der Waals surface area contributed by atoms with Gasteiger partial charge in [0.15, 0.2) is 0 Å². The van der Waals surface area contributed by atoms with Crippen LogP contribution in [0.2, 0.25) is 0 Å². The van der Waals surface area contributed by atoms with E-state index in [1.807, 2.05) is 10.4 Å². The molecule has 14 heteroatoms. The molecule has 3 fully saturated rings. The van der Waals surface area contributed by atoms with E-state index < -0.39 is 35.3 Å². The lowest BCUT2D eigenvalue weighted by molar-refractivity contribution is 0.0503. The highest BCUT2D eigenvalue weighted by Gasteiger charge is 2.41. The van der Waals surface area contributed by atoms with Crippen molar-refractivity contribution < 1.29 is 28.3 Å². The van der Waals surface area contributed by atoms with Gasteiger partial charge in [-0.2, -0.15) is 0 Å². The molecule has 232 valence electrons. The highest BCUT2D eigenvalue weighted by molar-refractivity contribution is 5.94. The summed E-state index contributed by atoms with van der Waals surface area (Å²) in [6.07, 6.45) is 5.48. The van der Waals surface area contributed by atoms with Crippen molar-refractivity contribution in [2.75, 3.05) is 31.1 Å². The summed E-state index contributed by atoms with van der Waals surface area (Å²) < 4.78 is 34.3. The van der Waals surface area contributed by atoms with Crippen molar-refractivity contribution in [1.29, 1.82) is 5.41 Å². The number of amides is 2. The molecule has 1 aromatic carbocycles. The fraction of sp³-hybridized carbons (Fsp3) is 0.552. The average molecular weight is 601 g/mol. The van der Waals surface area contributed by atoms with Crippen LogP contribution in [0, 0.1) is 17.0 Å². The topological polar surface area (TPSA) is 147 Å². The predicted octanol–water partition coefficient (Wildman–Crippen LogP) is 3.23. The van der Waals surface area contributed by atoms with Gasteiger partial charge in [0.2, 0.25) is 11.9 Å². The maximum absolute atomic E-state index is 14.8. The van der Waals surface area contributed by atoms with E-state index in [1.54, 1.807) is 30.6 Å². The monoisotopic (exact) mass is 600 g/mol. The summed E-state index contributed by atoms with van der Waals surface area (Å²) in [7, 11) is 0. The number of guanidine groups is 1. The summed E-state index contributed by atoms with van der Waals surface area (Å²) in [6.45, 7) is 6.73. The smallest absolute Gasteiger partial charge is 0.407 e. The first-order valence-electron chi connectivity index (χ1n) is 14.5. The van der Waals surface area contributed by atoms with Crippen LogP contribution in [0.25, 0.3) is 0 Å². The van der Waals surface area contributed by atoms with Crippen molar-refractivity contribution in [2.24, 2.45) is 0 Å². The lowest BCUT2D eigenvalue weighted by atomic mass is 9.94. The Morgan fingerprint density at radius 2 is 1.72 bits per heavy atom. The van der Waals surface area contributed by atoms with Crippen molar-refractivity contribution in [3.63, 3.8) is 0 Å². The summed E-state index contributed by atoms with van der Waals surface area (Å²) in [5.41, 5.74) is 1.61. The number of carbonyl (C=O) groups excluding carboxylic acids is 2. The third kappa shape index (κ3) is 7.12. The average Bonchev–Trinajstić information content (AvgIpc) is 3.72. The number of alkyl carbamates (subject to hydrolysis) is 1. The third-order valence-electron chi connectivity index (χ3n) is 8.00. The van der Waals surface area contributed by atoms with E-state index in [1.165, 1.54) is 12.4 Å². The van der Waals surface area contributed by atoms with E-state index >= 15 is 0 Å². The number of nitrogens with zero attached hydrogens (tertiary/aromatic N) is 5. The molecule has 3 heterocycles. The van der Waals surface area contributed by atoms with E-state index in [0.29, 0.717) is 37.4 Å². The van der Waals surface area contributed by atoms with Crippen molar-refractivity contribution in [3.8, 4) is 0 Å². The molecule has 0 radical (unpaired) electrons. The molecule has 2 saturated heterocycles. The van der Waals surface area contributed by atoms with Gasteiger partial charge in [0.05, 0.1) is 11.6 Å². The Hall–Kier alpha value is -4.07. The molecular formula is C29H38F2N8O4. The summed E-state index contributed by atoms with van der Waals surface area (Å²) in [5.74, 6) is -1.69. The number of aromatic nitrogens is 2. The van der Waals surface area contributed by atoms with Gasteiger partial charge in [-0.1, -0.05) is 0 Å². The summed E-state index contributed by atoms with van der Waals surface area (Å²) in [4.78, 5) is 40.5. The first-order chi connectivity index (χ1) is 20.4. The third-order valence-corrected chi connectivity index (χ3v) is 8.00. The molecule has 2 amide bonds. The molecule has 4 N–H and O–H groups in total. The fourth-order valence-electron chi connectivity index (χ4n) is 5.85. The first kappa shape index (κ1) is 30.4. The molecular weight excluding hydrogens is 562 g/mol. The highest BCUT2D eigenvalue weighted by Crippen LogP contribution is 2.34. The summed E-state index contributed by atoms with van der Waals surface area (Å²) in [6, 6.07) is 2.79. The van der Waals surface area contributed by atoms with E-state index in [2.05, 4.69) is 15.3 Å². The van der Waals surface area contributed by atoms with Gasteiger partial charge in [0, 0.05) is 56.6 Å². The molecule has 12 nitrogen and oxygen atoms in total. The number of nitrogens with one attached hydrogen (secondary N) is 3. The van der Waals surface area contributed by atoms with E-state index in [4.69, 9.17) is 15.4 Å². The van der Waals surface area contributed by atoms with Crippen LogP contribution < -0.4 is 15.7 Å². The van der Waals surface area contributed by atoms with Gasteiger partial charge in [0.25, 0.3) is 5.91 Å². The van der Waals surface area contributed by atoms with Gasteiger partial charge in [0.1, 0.15) is 17.2 Å². The lowest BCUT2D eigenvalue weighted by Crippen LogP contribution is -2.51. The number of hydrogen-bond acceptors (Lipinski definition) is 8. The molecule has 1 unspecified atom stereocenters. The Labute approximate surface area is 248 Å². The van der Waals surface area contributed by atoms with Crippen LogP contribution in [0.15, 0.2) is 30.6 Å². The van der Waals surface area contributed by atoms with Crippen molar-refractivity contribution in [2.45, 2.75) is 76.1 Å². The maximum atomic E-state index is 14.8. The largest absolute Gasteiger partial charge is 0.444 e. The number of piperidine rings is 1. The van der Waals surface area contributed by atoms with Crippen molar-refractivity contribution >= 4 is 23.9 Å². The van der Waals surface area contributed by atoms with E-state index in [0.717, 1.165) is 31.0 Å². The standard InChI is InChI=1S/C29H38F2N8O4/c1-29(2,3)43-28(41)35-24-16-38(15-22(24)21-12-18(30)4-7-23(21)31)27-33-13-17(14-34-27)25(40)39(19-5-6-19)20-8-10-37(11-9-20)26(32)36-42/h4,7,12-14,19-20,22,24,42H,5-6,8-11,15-16H2,1-3H3,(H2,32,36)(H,35,41)/t22?,24-/m0/s1. The first-order valence-corrected chi connectivity index (χ1v) is 14.5. The zero-order valence-electron chi connectivity index (χ0n) is 24.5. The van der Waals surface area contributed by atoms with Crippen LogP contribution >= 0.6 is 0 Å². The number of ether oxygens (including phenoxy) is 1. The molecule has 2 aliphatic heterocycles. The minimum Gasteiger partial charge on any atom is -0.444 e. The fourth-order valence-corrected chi connectivity index (χ4v) is 5.85. The second kappa shape index (κ2) is 12.3. The van der Waals surface area contributed by atoms with Gasteiger partial charge in [-0.3, -0.25) is 15.4 Å². The Bertz CT molecular complexity index is 1340. The molecule has 0 spiro atoms. The van der Waals surface area contributed by atoms with Gasteiger partial charge in [-0.15, -0.1) is 0 Å². The zero-order chi connectivity index (χ0) is 30.9. The van der Waals surface area contributed by atoms with Gasteiger partial charge < -0.3 is 24.8 Å². The van der Waals surface area contributed by atoms with E-state index in [9.17, 15) is 18.4 Å². The Balaban J connectivity index is 1.31. The van der Waals surface area contributed by atoms with Crippen LogP contribution in [-0.2, 0) is 4.74 Å². The molecule has 5 rings (SSSR count). The SMILES string of the molecule is CC(C)(C)OC(=O)N[C@H]1CN(c2ncc(C(=O)N(C3CC3)C3CCN(C(=N)NO)CC3)cn2)CC1c1cc(F)ccc1F. The molecule has 1 aliphatic carbocycles. The van der Waals surface area contributed by atoms with Gasteiger partial charge in [-0.05, 0) is 70.2 Å². The van der Waals surface area contributed by atoms with Crippen LogP contribution in [0.1, 0.15) is 68.3 Å². The molecule has 43 heavy (non-hydrogen) atoms. The number of likely N-dealkylation sites (tertiary alicyclic amines) is 1. The molecule has 3 aliphatic rings. The quantitative estimate of drug-likeness (QED) is 0.223. The number of carbonyl (C=O) groups is 2. The normalized spacial score (nSPS) is 21.0. The predicted molar refractivity (Wildman–Crippen MR) is 153 cm³/mol. The lowest BCUT2D eigenvalue weighted by Gasteiger charge is -2.39. The molecule has 2 aromatic rings. The molecule has 0 bridgehead atoms. The Morgan fingerprint density at radius 3 is 2.33 bits per heavy atom. The van der Waals surface area contributed by atoms with Crippen molar-refractivity contribution in [1.82, 2.24) is 30.6 Å². The molecule has 1 saturated carbocycles.